The van der Waals surface area contributed by atoms with Crippen LogP contribution in [0.3, 0.4) is 0 Å². The molecule has 1 heterocycles. The minimum Gasteiger partial charge on any atom is -0.496 e. The first-order valence-corrected chi connectivity index (χ1v) is 14.7. The van der Waals surface area contributed by atoms with Gasteiger partial charge in [-0.25, -0.2) is 0 Å². The summed E-state index contributed by atoms with van der Waals surface area (Å²) in [7, 11) is 3.29. The van der Waals surface area contributed by atoms with Crippen molar-refractivity contribution in [3.05, 3.63) is 94.5 Å². The lowest BCUT2D eigenvalue weighted by atomic mass is 9.87. The molecule has 0 aromatic heterocycles. The number of hydrogen-bond acceptors (Lipinski definition) is 7. The number of carbonyl (C=O) groups excluding carboxylic acids is 1. The summed E-state index contributed by atoms with van der Waals surface area (Å²) in [6.45, 7) is 6.82. The van der Waals surface area contributed by atoms with Crippen LogP contribution in [0, 0.1) is 6.92 Å². The van der Waals surface area contributed by atoms with Crippen molar-refractivity contribution in [2.24, 2.45) is 0 Å². The first-order chi connectivity index (χ1) is 20.6. The molecule has 0 aliphatic carbocycles. The van der Waals surface area contributed by atoms with Gasteiger partial charge in [-0.15, -0.1) is 0 Å². The molecule has 8 heteroatoms. The standard InChI is InChI=1S/C34H44N2O6/c1-25-9-10-26(21-31(25)34(37)36-17-20-38-2)23-42-33-22-35-16-15-30(33)27-11-13-29(14-12-27)41-19-6-18-40-24-28-7-4-5-8-32(28)39-3/h4-5,7-14,21,30,33,35H,6,15-20,22-24H2,1-3H3,(H,36,37). The molecule has 2 unspecified atom stereocenters. The predicted octanol–water partition coefficient (Wildman–Crippen LogP) is 5.03. The fourth-order valence-electron chi connectivity index (χ4n) is 5.12. The van der Waals surface area contributed by atoms with E-state index < -0.39 is 0 Å². The van der Waals surface area contributed by atoms with Gasteiger partial charge >= 0.3 is 0 Å². The molecule has 3 aromatic rings. The van der Waals surface area contributed by atoms with Crippen molar-refractivity contribution < 1.29 is 28.5 Å². The molecular formula is C34H44N2O6. The Hall–Kier alpha value is -3.43. The van der Waals surface area contributed by atoms with Gasteiger partial charge in [-0.2, -0.15) is 0 Å². The van der Waals surface area contributed by atoms with Gasteiger partial charge in [0.2, 0.25) is 0 Å². The molecule has 2 N–H and O–H groups in total. The fraction of sp³-hybridized carbons (Fsp3) is 0.441. The molecule has 8 nitrogen and oxygen atoms in total. The number of nitrogens with one attached hydrogen (secondary N) is 2. The van der Waals surface area contributed by atoms with Gasteiger partial charge in [0.15, 0.2) is 0 Å². The van der Waals surface area contributed by atoms with E-state index in [1.165, 1.54) is 5.56 Å². The summed E-state index contributed by atoms with van der Waals surface area (Å²) in [5.74, 6) is 1.89. The van der Waals surface area contributed by atoms with Gasteiger partial charge in [-0.3, -0.25) is 4.79 Å². The minimum atomic E-state index is -0.0914. The van der Waals surface area contributed by atoms with E-state index >= 15 is 0 Å². The Morgan fingerprint density at radius 1 is 0.976 bits per heavy atom. The molecule has 42 heavy (non-hydrogen) atoms. The number of methoxy groups -OCH3 is 2. The van der Waals surface area contributed by atoms with Gasteiger partial charge in [0.25, 0.3) is 5.91 Å². The molecule has 1 saturated heterocycles. The molecule has 0 saturated carbocycles. The van der Waals surface area contributed by atoms with Gasteiger partial charge in [0.05, 0.1) is 46.2 Å². The first kappa shape index (κ1) is 31.5. The summed E-state index contributed by atoms with van der Waals surface area (Å²) in [5, 5.41) is 6.37. The Bertz CT molecular complexity index is 1250. The topological polar surface area (TPSA) is 87.3 Å². The summed E-state index contributed by atoms with van der Waals surface area (Å²) in [6.07, 6.45) is 1.83. The van der Waals surface area contributed by atoms with Crippen molar-refractivity contribution >= 4 is 5.91 Å². The van der Waals surface area contributed by atoms with Crippen LogP contribution < -0.4 is 20.1 Å². The van der Waals surface area contributed by atoms with Gasteiger partial charge in [0, 0.05) is 43.7 Å². The fourth-order valence-corrected chi connectivity index (χ4v) is 5.12. The third-order valence-corrected chi connectivity index (χ3v) is 7.49. The zero-order chi connectivity index (χ0) is 29.6. The number of hydrogen-bond donors (Lipinski definition) is 2. The first-order valence-electron chi connectivity index (χ1n) is 14.7. The second kappa shape index (κ2) is 16.9. The van der Waals surface area contributed by atoms with Crippen LogP contribution in [0.5, 0.6) is 11.5 Å². The summed E-state index contributed by atoms with van der Waals surface area (Å²) >= 11 is 0. The lowest BCUT2D eigenvalue weighted by Gasteiger charge is -2.32. The molecule has 1 aliphatic heterocycles. The smallest absolute Gasteiger partial charge is 0.251 e. The van der Waals surface area contributed by atoms with E-state index in [-0.39, 0.29) is 17.9 Å². The third-order valence-electron chi connectivity index (χ3n) is 7.49. The normalized spacial score (nSPS) is 16.6. The summed E-state index contributed by atoms with van der Waals surface area (Å²) < 4.78 is 28.6. The molecule has 1 amide bonds. The highest BCUT2D eigenvalue weighted by Gasteiger charge is 2.27. The number of carbonyl (C=O) groups is 1. The second-order valence-corrected chi connectivity index (χ2v) is 10.5. The van der Waals surface area contributed by atoms with E-state index in [2.05, 4.69) is 22.8 Å². The van der Waals surface area contributed by atoms with Crippen molar-refractivity contribution in [3.63, 3.8) is 0 Å². The molecule has 4 rings (SSSR count). The molecule has 3 aromatic carbocycles. The van der Waals surface area contributed by atoms with Crippen LogP contribution in [0.25, 0.3) is 0 Å². The number of ether oxygens (including phenoxy) is 5. The number of rotatable bonds is 16. The number of amides is 1. The van der Waals surface area contributed by atoms with Crippen molar-refractivity contribution in [2.75, 3.05) is 53.7 Å². The van der Waals surface area contributed by atoms with Crippen LogP contribution in [0.1, 0.15) is 51.4 Å². The summed E-state index contributed by atoms with van der Waals surface area (Å²) in [4.78, 5) is 12.6. The Kier molecular flexibility index (Phi) is 12.7. The number of benzene rings is 3. The van der Waals surface area contributed by atoms with E-state index in [9.17, 15) is 4.79 Å². The van der Waals surface area contributed by atoms with Gasteiger partial charge in [0.1, 0.15) is 11.5 Å². The summed E-state index contributed by atoms with van der Waals surface area (Å²) in [6, 6.07) is 22.2. The van der Waals surface area contributed by atoms with Crippen molar-refractivity contribution in [2.45, 2.75) is 45.0 Å². The maximum Gasteiger partial charge on any atom is 0.251 e. The lowest BCUT2D eigenvalue weighted by molar-refractivity contribution is 0.0106. The van der Waals surface area contributed by atoms with Crippen LogP contribution in [0.4, 0.5) is 0 Å². The Balaban J connectivity index is 1.23. The zero-order valence-corrected chi connectivity index (χ0v) is 25.0. The number of piperidine rings is 1. The van der Waals surface area contributed by atoms with Crippen LogP contribution in [-0.4, -0.2) is 65.7 Å². The maximum absolute atomic E-state index is 12.6. The molecule has 2 atom stereocenters. The van der Waals surface area contributed by atoms with Crippen LogP contribution >= 0.6 is 0 Å². The van der Waals surface area contributed by atoms with Crippen molar-refractivity contribution in [1.82, 2.24) is 10.6 Å². The SMILES string of the molecule is COCCNC(=O)c1cc(COC2CNCCC2c2ccc(OCCCOCc3ccccc3OC)cc2)ccc1C. The van der Waals surface area contributed by atoms with Gasteiger partial charge in [-0.05, 0) is 60.8 Å². The van der Waals surface area contributed by atoms with Crippen LogP contribution in [0.2, 0.25) is 0 Å². The molecule has 0 spiro atoms. The minimum absolute atomic E-state index is 0.0335. The molecule has 1 fully saturated rings. The molecular weight excluding hydrogens is 532 g/mol. The van der Waals surface area contributed by atoms with Crippen LogP contribution in [0.15, 0.2) is 66.7 Å². The van der Waals surface area contributed by atoms with E-state index in [0.717, 1.165) is 54.1 Å². The van der Waals surface area contributed by atoms with E-state index in [4.69, 9.17) is 23.7 Å². The van der Waals surface area contributed by atoms with Gasteiger partial charge in [-0.1, -0.05) is 42.5 Å². The summed E-state index contributed by atoms with van der Waals surface area (Å²) in [5.41, 5.74) is 4.88. The number of para-hydroxylation sites is 1. The Labute approximate surface area is 249 Å². The zero-order valence-electron chi connectivity index (χ0n) is 25.0. The van der Waals surface area contributed by atoms with E-state index in [1.54, 1.807) is 14.2 Å². The lowest BCUT2D eigenvalue weighted by Crippen LogP contribution is -2.41. The molecule has 226 valence electrons. The molecule has 1 aliphatic rings. The highest BCUT2D eigenvalue weighted by atomic mass is 16.5. The van der Waals surface area contributed by atoms with E-state index in [1.807, 2.05) is 61.5 Å². The number of aryl methyl sites for hydroxylation is 1. The molecule has 0 radical (unpaired) electrons. The quantitative estimate of drug-likeness (QED) is 0.231. The largest absolute Gasteiger partial charge is 0.496 e. The Morgan fingerprint density at radius 2 is 1.81 bits per heavy atom. The average Bonchev–Trinajstić information content (AvgIpc) is 3.03. The highest BCUT2D eigenvalue weighted by molar-refractivity contribution is 5.95. The predicted molar refractivity (Wildman–Crippen MR) is 163 cm³/mol. The Morgan fingerprint density at radius 3 is 2.62 bits per heavy atom. The van der Waals surface area contributed by atoms with Crippen molar-refractivity contribution in [1.29, 1.82) is 0 Å². The second-order valence-electron chi connectivity index (χ2n) is 10.5. The van der Waals surface area contributed by atoms with E-state index in [0.29, 0.717) is 45.1 Å². The average molecular weight is 577 g/mol. The third kappa shape index (κ3) is 9.29. The monoisotopic (exact) mass is 576 g/mol. The molecule has 0 bridgehead atoms. The van der Waals surface area contributed by atoms with Crippen LogP contribution in [-0.2, 0) is 27.4 Å². The van der Waals surface area contributed by atoms with Crippen molar-refractivity contribution in [3.8, 4) is 11.5 Å². The highest BCUT2D eigenvalue weighted by Crippen LogP contribution is 2.30. The van der Waals surface area contributed by atoms with Gasteiger partial charge < -0.3 is 34.3 Å². The maximum atomic E-state index is 12.6.